The van der Waals surface area contributed by atoms with Gasteiger partial charge in [0.05, 0.1) is 23.2 Å². The normalized spacial score (nSPS) is 14.5. The molecule has 0 radical (unpaired) electrons. The number of nitrogens with two attached hydrogens (primary N) is 1. The summed E-state index contributed by atoms with van der Waals surface area (Å²) >= 11 is 0. The van der Waals surface area contributed by atoms with Crippen molar-refractivity contribution in [1.29, 1.82) is 0 Å². The number of aromatic nitrogens is 2. The number of hydrogen-bond acceptors (Lipinski definition) is 3. The summed E-state index contributed by atoms with van der Waals surface area (Å²) in [5.41, 5.74) is -0.834. The lowest BCUT2D eigenvalue weighted by Gasteiger charge is -2.16. The highest BCUT2D eigenvalue weighted by molar-refractivity contribution is 7.82. The summed E-state index contributed by atoms with van der Waals surface area (Å²) in [5.74, 6) is 0. The summed E-state index contributed by atoms with van der Waals surface area (Å²) in [4.78, 5) is 0.462. The molecule has 1 unspecified atom stereocenters. The third-order valence-corrected chi connectivity index (χ3v) is 2.07. The van der Waals surface area contributed by atoms with E-state index < -0.39 is 16.6 Å². The second kappa shape index (κ2) is 3.57. The first-order valence-electron chi connectivity index (χ1n) is 3.79. The molecule has 0 aliphatic carbocycles. The van der Waals surface area contributed by atoms with Crippen molar-refractivity contribution in [2.24, 2.45) is 5.14 Å². The Balaban J connectivity index is 2.75. The molecule has 0 aliphatic heterocycles. The number of hydrogen-bond donors (Lipinski definition) is 2. The van der Waals surface area contributed by atoms with Gasteiger partial charge in [-0.1, -0.05) is 0 Å². The van der Waals surface area contributed by atoms with Crippen LogP contribution in [0.4, 0.5) is 0 Å². The van der Waals surface area contributed by atoms with E-state index in [-0.39, 0.29) is 0 Å². The second-order valence-corrected chi connectivity index (χ2v) is 4.55. The van der Waals surface area contributed by atoms with Gasteiger partial charge in [-0.15, -0.1) is 0 Å². The van der Waals surface area contributed by atoms with Gasteiger partial charge in [-0.05, 0) is 13.8 Å². The smallest absolute Gasteiger partial charge is 0.125 e. The summed E-state index contributed by atoms with van der Waals surface area (Å²) in [6.45, 7) is 3.70. The lowest BCUT2D eigenvalue weighted by atomic mass is 10.1. The van der Waals surface area contributed by atoms with Crippen molar-refractivity contribution >= 4 is 11.0 Å². The minimum atomic E-state index is -1.50. The van der Waals surface area contributed by atoms with Crippen LogP contribution in [0, 0.1) is 0 Å². The van der Waals surface area contributed by atoms with Gasteiger partial charge >= 0.3 is 0 Å². The van der Waals surface area contributed by atoms with Crippen LogP contribution >= 0.6 is 0 Å². The average molecular weight is 203 g/mol. The highest BCUT2D eigenvalue weighted by Gasteiger charge is 2.14. The summed E-state index contributed by atoms with van der Waals surface area (Å²) in [6, 6.07) is 0. The minimum absolute atomic E-state index is 0.351. The molecule has 1 aromatic heterocycles. The van der Waals surface area contributed by atoms with E-state index in [9.17, 15) is 9.32 Å². The van der Waals surface area contributed by atoms with Crippen LogP contribution in [0.3, 0.4) is 0 Å². The first kappa shape index (κ1) is 10.4. The SMILES string of the molecule is CC(C)(O)Cn1cc(S(N)=O)cn1. The fourth-order valence-corrected chi connectivity index (χ4v) is 1.31. The maximum atomic E-state index is 10.8. The topological polar surface area (TPSA) is 81.1 Å². The summed E-state index contributed by atoms with van der Waals surface area (Å²) in [6.07, 6.45) is 3.00. The number of aliphatic hydroxyl groups is 1. The Hall–Kier alpha value is -0.720. The largest absolute Gasteiger partial charge is 0.389 e. The monoisotopic (exact) mass is 203 g/mol. The Morgan fingerprint density at radius 3 is 2.77 bits per heavy atom. The van der Waals surface area contributed by atoms with Gasteiger partial charge in [0, 0.05) is 6.20 Å². The molecular weight excluding hydrogens is 190 g/mol. The highest BCUT2D eigenvalue weighted by atomic mass is 32.2. The summed E-state index contributed by atoms with van der Waals surface area (Å²) in [7, 11) is -1.50. The third kappa shape index (κ3) is 3.25. The van der Waals surface area contributed by atoms with E-state index in [1.807, 2.05) is 0 Å². The van der Waals surface area contributed by atoms with Crippen LogP contribution in [-0.2, 0) is 17.5 Å². The molecule has 1 atom stereocenters. The molecule has 1 rings (SSSR count). The number of nitrogens with zero attached hydrogens (tertiary/aromatic N) is 2. The Labute approximate surface area is 79.1 Å². The van der Waals surface area contributed by atoms with E-state index in [4.69, 9.17) is 5.14 Å². The lowest BCUT2D eigenvalue weighted by molar-refractivity contribution is 0.0577. The molecule has 0 bridgehead atoms. The van der Waals surface area contributed by atoms with Crippen LogP contribution in [0.15, 0.2) is 17.3 Å². The van der Waals surface area contributed by atoms with Crippen molar-refractivity contribution in [2.45, 2.75) is 30.9 Å². The van der Waals surface area contributed by atoms with Crippen molar-refractivity contribution in [1.82, 2.24) is 9.78 Å². The molecule has 1 heterocycles. The fraction of sp³-hybridized carbons (Fsp3) is 0.571. The van der Waals surface area contributed by atoms with Crippen molar-refractivity contribution < 1.29 is 9.32 Å². The molecule has 0 aromatic carbocycles. The Morgan fingerprint density at radius 1 is 1.77 bits per heavy atom. The van der Waals surface area contributed by atoms with E-state index in [1.54, 1.807) is 20.0 Å². The van der Waals surface area contributed by atoms with Gasteiger partial charge in [0.25, 0.3) is 0 Å². The van der Waals surface area contributed by atoms with E-state index >= 15 is 0 Å². The molecule has 1 aromatic rings. The van der Waals surface area contributed by atoms with E-state index in [1.165, 1.54) is 10.9 Å². The molecular formula is C7H13N3O2S. The molecule has 0 saturated carbocycles. The van der Waals surface area contributed by atoms with Crippen molar-refractivity contribution in [3.05, 3.63) is 12.4 Å². The van der Waals surface area contributed by atoms with Crippen LogP contribution in [0.1, 0.15) is 13.8 Å². The molecule has 0 spiro atoms. The van der Waals surface area contributed by atoms with Gasteiger partial charge in [0.2, 0.25) is 0 Å². The van der Waals surface area contributed by atoms with Gasteiger partial charge in [-0.25, -0.2) is 9.35 Å². The Kier molecular flexibility index (Phi) is 2.84. The fourth-order valence-electron chi connectivity index (χ4n) is 0.931. The van der Waals surface area contributed by atoms with Gasteiger partial charge in [-0.2, -0.15) is 5.10 Å². The molecule has 0 fully saturated rings. The van der Waals surface area contributed by atoms with Gasteiger partial charge < -0.3 is 5.11 Å². The van der Waals surface area contributed by atoms with Crippen LogP contribution < -0.4 is 5.14 Å². The maximum absolute atomic E-state index is 10.8. The van der Waals surface area contributed by atoms with Crippen LogP contribution in [0.25, 0.3) is 0 Å². The third-order valence-electron chi connectivity index (χ3n) is 1.39. The van der Waals surface area contributed by atoms with E-state index in [0.717, 1.165) is 0 Å². The molecule has 3 N–H and O–H groups in total. The highest BCUT2D eigenvalue weighted by Crippen LogP contribution is 2.07. The van der Waals surface area contributed by atoms with Gasteiger partial charge in [0.1, 0.15) is 11.0 Å². The van der Waals surface area contributed by atoms with Crippen molar-refractivity contribution in [3.63, 3.8) is 0 Å². The van der Waals surface area contributed by atoms with E-state index in [0.29, 0.717) is 11.4 Å². The van der Waals surface area contributed by atoms with E-state index in [2.05, 4.69) is 5.10 Å². The standard InChI is InChI=1S/C7H13N3O2S/c1-7(2,11)5-10-4-6(3-9-10)13(8)12/h3-4,11H,5,8H2,1-2H3. The Morgan fingerprint density at radius 2 is 2.38 bits per heavy atom. The van der Waals surface area contributed by atoms with Crippen LogP contribution in [0.2, 0.25) is 0 Å². The summed E-state index contributed by atoms with van der Waals surface area (Å²) < 4.78 is 12.3. The number of rotatable bonds is 3. The molecule has 74 valence electrons. The molecule has 0 aliphatic rings. The quantitative estimate of drug-likeness (QED) is 0.703. The van der Waals surface area contributed by atoms with Gasteiger partial charge in [-0.3, -0.25) is 4.68 Å². The zero-order valence-electron chi connectivity index (χ0n) is 7.60. The summed E-state index contributed by atoms with van der Waals surface area (Å²) in [5, 5.41) is 18.5. The van der Waals surface area contributed by atoms with Gasteiger partial charge in [0.15, 0.2) is 0 Å². The molecule has 13 heavy (non-hydrogen) atoms. The predicted octanol–water partition coefficient (Wildman–Crippen LogP) is -0.365. The first-order chi connectivity index (χ1) is 5.88. The van der Waals surface area contributed by atoms with Crippen LogP contribution in [-0.4, -0.2) is 24.7 Å². The lowest BCUT2D eigenvalue weighted by Crippen LogP contribution is -2.26. The van der Waals surface area contributed by atoms with Crippen molar-refractivity contribution in [3.8, 4) is 0 Å². The zero-order chi connectivity index (χ0) is 10.1. The Bertz CT molecular complexity index is 316. The molecule has 6 heteroatoms. The molecule has 0 amide bonds. The molecule has 0 saturated heterocycles. The minimum Gasteiger partial charge on any atom is -0.389 e. The first-order valence-corrected chi connectivity index (χ1v) is 5.01. The van der Waals surface area contributed by atoms with Crippen LogP contribution in [0.5, 0.6) is 0 Å². The molecule has 5 nitrogen and oxygen atoms in total. The zero-order valence-corrected chi connectivity index (χ0v) is 8.41. The average Bonchev–Trinajstić information content (AvgIpc) is 2.31. The van der Waals surface area contributed by atoms with Crippen molar-refractivity contribution in [2.75, 3.05) is 0 Å². The maximum Gasteiger partial charge on any atom is 0.125 e. The predicted molar refractivity (Wildman–Crippen MR) is 49.1 cm³/mol. The second-order valence-electron chi connectivity index (χ2n) is 3.48.